The summed E-state index contributed by atoms with van der Waals surface area (Å²) in [5, 5.41) is 9.77. The van der Waals surface area contributed by atoms with Crippen molar-refractivity contribution in [1.29, 1.82) is 0 Å². The zero-order chi connectivity index (χ0) is 21.6. The third kappa shape index (κ3) is 5.98. The molecule has 3 N–H and O–H groups in total. The maximum absolute atomic E-state index is 14.2. The summed E-state index contributed by atoms with van der Waals surface area (Å²) in [5.41, 5.74) is 2.22. The number of hydroxylamine groups is 2. The van der Waals surface area contributed by atoms with Crippen LogP contribution in [0.2, 0.25) is 0 Å². The third-order valence-electron chi connectivity index (χ3n) is 5.02. The zero-order valence-electron chi connectivity index (χ0n) is 17.1. The molecule has 1 saturated heterocycles. The van der Waals surface area contributed by atoms with Crippen molar-refractivity contribution in [1.82, 2.24) is 15.4 Å². The van der Waals surface area contributed by atoms with Gasteiger partial charge < -0.3 is 16.0 Å². The summed E-state index contributed by atoms with van der Waals surface area (Å²) in [6, 6.07) is 7.52. The lowest BCUT2D eigenvalue weighted by Gasteiger charge is -2.29. The maximum Gasteiger partial charge on any atom is 0.323 e. The smallest absolute Gasteiger partial charge is 0.316 e. The van der Waals surface area contributed by atoms with Gasteiger partial charge in [0.25, 0.3) is 0 Å². The van der Waals surface area contributed by atoms with E-state index in [1.807, 2.05) is 6.92 Å². The monoisotopic (exact) mass is 415 g/mol. The van der Waals surface area contributed by atoms with E-state index < -0.39 is 11.8 Å². The fourth-order valence-corrected chi connectivity index (χ4v) is 3.48. The lowest BCUT2D eigenvalue weighted by atomic mass is 9.81. The fourth-order valence-electron chi connectivity index (χ4n) is 3.48. The van der Waals surface area contributed by atoms with Gasteiger partial charge in [-0.3, -0.25) is 14.6 Å². The van der Waals surface area contributed by atoms with Gasteiger partial charge in [-0.05, 0) is 62.2 Å². The molecule has 1 aromatic carbocycles. The zero-order valence-corrected chi connectivity index (χ0v) is 17.1. The standard InChI is InChI=1S/C21H26FN5O3/c1-15-3-4-18(11-24-15)25-20(29)26-19-8-16(7-17(22)9-19)10-21(5-6-23-12-21)13-30-27(2)14-28/h3-4,7-9,11,14,23H,5-6,10,12-13H2,1-2H3,(H2,25,26,29)/t21-/m1/s1. The first kappa shape index (κ1) is 21.7. The van der Waals surface area contributed by atoms with Gasteiger partial charge in [-0.2, -0.15) is 0 Å². The van der Waals surface area contributed by atoms with E-state index in [1.54, 1.807) is 24.4 Å². The quantitative estimate of drug-likeness (QED) is 0.455. The second-order valence-corrected chi connectivity index (χ2v) is 7.64. The highest BCUT2D eigenvalue weighted by atomic mass is 19.1. The molecule has 9 heteroatoms. The Morgan fingerprint density at radius 2 is 2.13 bits per heavy atom. The van der Waals surface area contributed by atoms with Gasteiger partial charge in [-0.1, -0.05) is 0 Å². The highest BCUT2D eigenvalue weighted by Crippen LogP contribution is 2.32. The number of nitrogens with zero attached hydrogens (tertiary/aromatic N) is 2. The normalized spacial score (nSPS) is 18.1. The Bertz CT molecular complexity index is 885. The molecular formula is C21H26FN5O3. The van der Waals surface area contributed by atoms with Crippen LogP contribution in [0, 0.1) is 18.2 Å². The number of anilines is 2. The van der Waals surface area contributed by atoms with Crippen LogP contribution >= 0.6 is 0 Å². The number of rotatable bonds is 8. The molecule has 0 aliphatic carbocycles. The largest absolute Gasteiger partial charge is 0.323 e. The van der Waals surface area contributed by atoms with Gasteiger partial charge in [0.05, 0.1) is 18.5 Å². The summed E-state index contributed by atoms with van der Waals surface area (Å²) in [6.07, 6.45) is 3.53. The highest BCUT2D eigenvalue weighted by molar-refractivity contribution is 5.99. The molecule has 1 aromatic heterocycles. The molecule has 1 aliphatic heterocycles. The Labute approximate surface area is 174 Å². The molecule has 0 radical (unpaired) electrons. The first-order chi connectivity index (χ1) is 14.4. The number of urea groups is 1. The van der Waals surface area contributed by atoms with Gasteiger partial charge in [0.2, 0.25) is 6.41 Å². The average molecular weight is 415 g/mol. The number of benzene rings is 1. The van der Waals surface area contributed by atoms with E-state index in [-0.39, 0.29) is 5.41 Å². The number of pyridine rings is 1. The van der Waals surface area contributed by atoms with Crippen molar-refractivity contribution in [3.05, 3.63) is 53.6 Å². The van der Waals surface area contributed by atoms with Crippen LogP contribution in [0.1, 0.15) is 17.7 Å². The van der Waals surface area contributed by atoms with Crippen molar-refractivity contribution in [3.8, 4) is 0 Å². The van der Waals surface area contributed by atoms with Crippen molar-refractivity contribution in [2.45, 2.75) is 19.8 Å². The molecule has 160 valence electrons. The number of hydrogen-bond acceptors (Lipinski definition) is 5. The van der Waals surface area contributed by atoms with Crippen LogP contribution < -0.4 is 16.0 Å². The molecule has 0 saturated carbocycles. The van der Waals surface area contributed by atoms with Crippen LogP contribution in [-0.4, -0.2) is 49.2 Å². The van der Waals surface area contributed by atoms with Crippen LogP contribution in [0.4, 0.5) is 20.6 Å². The van der Waals surface area contributed by atoms with Gasteiger partial charge >= 0.3 is 6.03 Å². The van der Waals surface area contributed by atoms with Gasteiger partial charge in [-0.15, -0.1) is 0 Å². The van der Waals surface area contributed by atoms with Crippen molar-refractivity contribution in [3.63, 3.8) is 0 Å². The number of aryl methyl sites for hydroxylation is 1. The van der Waals surface area contributed by atoms with Crippen molar-refractivity contribution in [2.24, 2.45) is 5.41 Å². The Morgan fingerprint density at radius 1 is 1.33 bits per heavy atom. The molecule has 1 fully saturated rings. The topological polar surface area (TPSA) is 95.6 Å². The van der Waals surface area contributed by atoms with Gasteiger partial charge in [0.15, 0.2) is 0 Å². The summed E-state index contributed by atoms with van der Waals surface area (Å²) in [4.78, 5) is 32.7. The lowest BCUT2D eigenvalue weighted by Crippen LogP contribution is -2.35. The van der Waals surface area contributed by atoms with Crippen molar-refractivity contribution in [2.75, 3.05) is 37.4 Å². The molecule has 0 spiro atoms. The summed E-state index contributed by atoms with van der Waals surface area (Å²) in [7, 11) is 1.54. The Morgan fingerprint density at radius 3 is 2.80 bits per heavy atom. The van der Waals surface area contributed by atoms with Crippen LogP contribution in [0.3, 0.4) is 0 Å². The van der Waals surface area contributed by atoms with E-state index in [1.165, 1.54) is 19.2 Å². The number of hydrogen-bond donors (Lipinski definition) is 3. The maximum atomic E-state index is 14.2. The summed E-state index contributed by atoms with van der Waals surface area (Å²) >= 11 is 0. The van der Waals surface area contributed by atoms with E-state index in [4.69, 9.17) is 4.84 Å². The molecule has 1 atom stereocenters. The minimum atomic E-state index is -0.481. The number of nitrogens with one attached hydrogen (secondary N) is 3. The Kier molecular flexibility index (Phi) is 6.96. The molecule has 2 heterocycles. The minimum absolute atomic E-state index is 0.266. The Hall–Kier alpha value is -3.04. The second-order valence-electron chi connectivity index (χ2n) is 7.64. The van der Waals surface area contributed by atoms with E-state index in [0.717, 1.165) is 29.3 Å². The van der Waals surface area contributed by atoms with E-state index in [9.17, 15) is 14.0 Å². The molecule has 3 rings (SSSR count). The number of carbonyl (C=O) groups excluding carboxylic acids is 2. The number of carbonyl (C=O) groups is 2. The fraction of sp³-hybridized carbons (Fsp3) is 0.381. The van der Waals surface area contributed by atoms with Crippen LogP contribution in [-0.2, 0) is 16.1 Å². The SMILES string of the molecule is Cc1ccc(NC(=O)Nc2cc(F)cc(C[C@]3(CON(C)C=O)CCNC3)c2)cn1. The molecule has 1 aliphatic rings. The van der Waals surface area contributed by atoms with Crippen LogP contribution in [0.15, 0.2) is 36.5 Å². The van der Waals surface area contributed by atoms with Gasteiger partial charge in [0.1, 0.15) is 5.82 Å². The molecule has 8 nitrogen and oxygen atoms in total. The molecule has 3 amide bonds. The third-order valence-corrected chi connectivity index (χ3v) is 5.02. The molecule has 0 bridgehead atoms. The van der Waals surface area contributed by atoms with Gasteiger partial charge in [0, 0.05) is 30.4 Å². The molecule has 30 heavy (non-hydrogen) atoms. The average Bonchev–Trinajstić information content (AvgIpc) is 3.16. The highest BCUT2D eigenvalue weighted by Gasteiger charge is 2.35. The predicted molar refractivity (Wildman–Crippen MR) is 111 cm³/mol. The van der Waals surface area contributed by atoms with Crippen molar-refractivity contribution >= 4 is 23.8 Å². The van der Waals surface area contributed by atoms with E-state index in [2.05, 4.69) is 20.9 Å². The first-order valence-corrected chi connectivity index (χ1v) is 9.69. The minimum Gasteiger partial charge on any atom is -0.316 e. The Balaban J connectivity index is 1.68. The summed E-state index contributed by atoms with van der Waals surface area (Å²) < 4.78 is 14.2. The molecular weight excluding hydrogens is 389 g/mol. The second kappa shape index (κ2) is 9.64. The number of amides is 3. The predicted octanol–water partition coefficient (Wildman–Crippen LogP) is 2.72. The number of halogens is 1. The molecule has 2 aromatic rings. The van der Waals surface area contributed by atoms with Crippen molar-refractivity contribution < 1.29 is 18.8 Å². The number of aromatic nitrogens is 1. The first-order valence-electron chi connectivity index (χ1n) is 9.69. The molecule has 0 unspecified atom stereocenters. The summed E-state index contributed by atoms with van der Waals surface area (Å²) in [5.74, 6) is -0.438. The van der Waals surface area contributed by atoms with Crippen LogP contribution in [0.25, 0.3) is 0 Å². The lowest BCUT2D eigenvalue weighted by molar-refractivity contribution is -0.174. The van der Waals surface area contributed by atoms with Crippen LogP contribution in [0.5, 0.6) is 0 Å². The summed E-state index contributed by atoms with van der Waals surface area (Å²) in [6.45, 7) is 3.70. The van der Waals surface area contributed by atoms with E-state index >= 15 is 0 Å². The van der Waals surface area contributed by atoms with Gasteiger partial charge in [-0.25, -0.2) is 14.2 Å². The van der Waals surface area contributed by atoms with E-state index in [0.29, 0.717) is 37.4 Å².